The SMILES string of the molecule is C=C(C)C(=O)OCCCCCCn1c(=O)c(-c2ccccc2)cn(-c2ccccc2)c1=O. The molecular weight excluding hydrogens is 404 g/mol. The van der Waals surface area contributed by atoms with Gasteiger partial charge in [0.25, 0.3) is 5.56 Å². The topological polar surface area (TPSA) is 70.3 Å². The third-order valence-electron chi connectivity index (χ3n) is 5.15. The predicted octanol–water partition coefficient (Wildman–Crippen LogP) is 4.35. The van der Waals surface area contributed by atoms with Crippen LogP contribution in [0.15, 0.2) is 88.6 Å². The Labute approximate surface area is 187 Å². The third kappa shape index (κ3) is 5.72. The van der Waals surface area contributed by atoms with Crippen molar-refractivity contribution in [2.45, 2.75) is 39.2 Å². The van der Waals surface area contributed by atoms with E-state index >= 15 is 0 Å². The second-order valence-corrected chi connectivity index (χ2v) is 7.68. The summed E-state index contributed by atoms with van der Waals surface area (Å²) in [5.41, 5.74) is 1.72. The lowest BCUT2D eigenvalue weighted by Crippen LogP contribution is -2.39. The quantitative estimate of drug-likeness (QED) is 0.271. The maximum absolute atomic E-state index is 13.2. The Hall–Kier alpha value is -3.67. The molecule has 0 fully saturated rings. The van der Waals surface area contributed by atoms with Gasteiger partial charge in [0.15, 0.2) is 0 Å². The standard InChI is InChI=1S/C26H28N2O4/c1-20(2)25(30)32-18-12-4-3-11-17-27-24(29)23(21-13-7-5-8-14-21)19-28(26(27)31)22-15-9-6-10-16-22/h5-10,13-16,19H,1,3-4,11-12,17-18H2,2H3. The van der Waals surface area contributed by atoms with Crippen LogP contribution in [-0.2, 0) is 16.1 Å². The Kier molecular flexibility index (Phi) is 7.97. The summed E-state index contributed by atoms with van der Waals surface area (Å²) in [6, 6.07) is 18.7. The Morgan fingerprint density at radius 3 is 2.19 bits per heavy atom. The number of ether oxygens (including phenoxy) is 1. The molecule has 166 valence electrons. The van der Waals surface area contributed by atoms with E-state index in [1.807, 2.05) is 60.7 Å². The zero-order valence-corrected chi connectivity index (χ0v) is 18.3. The molecule has 6 heteroatoms. The van der Waals surface area contributed by atoms with E-state index in [-0.39, 0.29) is 17.2 Å². The number of carbonyl (C=O) groups excluding carboxylic acids is 1. The van der Waals surface area contributed by atoms with E-state index < -0.39 is 0 Å². The lowest BCUT2D eigenvalue weighted by Gasteiger charge is -2.13. The van der Waals surface area contributed by atoms with Gasteiger partial charge in [-0.1, -0.05) is 61.5 Å². The van der Waals surface area contributed by atoms with Gasteiger partial charge in [0.1, 0.15) is 0 Å². The number of unbranched alkanes of at least 4 members (excludes halogenated alkanes) is 3. The summed E-state index contributed by atoms with van der Waals surface area (Å²) in [6.45, 7) is 5.84. The van der Waals surface area contributed by atoms with Gasteiger partial charge in [-0.05, 0) is 43.9 Å². The van der Waals surface area contributed by atoms with Gasteiger partial charge < -0.3 is 4.74 Å². The third-order valence-corrected chi connectivity index (χ3v) is 5.15. The molecule has 6 nitrogen and oxygen atoms in total. The minimum absolute atomic E-state index is 0.288. The van der Waals surface area contributed by atoms with Crippen molar-refractivity contribution in [1.29, 1.82) is 0 Å². The molecule has 0 amide bonds. The Balaban J connectivity index is 1.76. The van der Waals surface area contributed by atoms with Crippen molar-refractivity contribution in [3.05, 3.63) is 99.9 Å². The molecule has 0 aliphatic heterocycles. The molecule has 1 aromatic heterocycles. The average Bonchev–Trinajstić information content (AvgIpc) is 2.81. The van der Waals surface area contributed by atoms with Crippen LogP contribution in [0.5, 0.6) is 0 Å². The molecule has 32 heavy (non-hydrogen) atoms. The zero-order chi connectivity index (χ0) is 22.9. The first-order valence-electron chi connectivity index (χ1n) is 10.8. The minimum atomic E-state index is -0.379. The molecule has 0 N–H and O–H groups in total. The molecule has 3 rings (SSSR count). The van der Waals surface area contributed by atoms with E-state index in [0.29, 0.717) is 36.4 Å². The van der Waals surface area contributed by atoms with E-state index in [0.717, 1.165) is 24.8 Å². The molecule has 0 atom stereocenters. The fraction of sp³-hybridized carbons (Fsp3) is 0.269. The van der Waals surface area contributed by atoms with Crippen LogP contribution in [0, 0.1) is 0 Å². The molecule has 0 saturated heterocycles. The number of para-hydroxylation sites is 1. The lowest BCUT2D eigenvalue weighted by molar-refractivity contribution is -0.139. The summed E-state index contributed by atoms with van der Waals surface area (Å²) in [6.07, 6.45) is 4.69. The molecule has 0 radical (unpaired) electrons. The van der Waals surface area contributed by atoms with Crippen LogP contribution < -0.4 is 11.2 Å². The Morgan fingerprint density at radius 2 is 1.53 bits per heavy atom. The number of rotatable bonds is 10. The van der Waals surface area contributed by atoms with Gasteiger partial charge >= 0.3 is 11.7 Å². The lowest BCUT2D eigenvalue weighted by atomic mass is 10.1. The number of benzene rings is 2. The number of carbonyl (C=O) groups is 1. The second kappa shape index (κ2) is 11.1. The summed E-state index contributed by atoms with van der Waals surface area (Å²) in [5, 5.41) is 0. The first-order chi connectivity index (χ1) is 15.5. The first kappa shape index (κ1) is 23.0. The zero-order valence-electron chi connectivity index (χ0n) is 18.3. The van der Waals surface area contributed by atoms with Gasteiger partial charge in [-0.2, -0.15) is 0 Å². The largest absolute Gasteiger partial charge is 0.462 e. The number of hydrogen-bond acceptors (Lipinski definition) is 4. The normalized spacial score (nSPS) is 10.7. The highest BCUT2D eigenvalue weighted by molar-refractivity contribution is 5.86. The highest BCUT2D eigenvalue weighted by Crippen LogP contribution is 2.15. The molecular formula is C26H28N2O4. The number of esters is 1. The van der Waals surface area contributed by atoms with Crippen LogP contribution in [0.25, 0.3) is 16.8 Å². The van der Waals surface area contributed by atoms with Crippen LogP contribution in [0.3, 0.4) is 0 Å². The minimum Gasteiger partial charge on any atom is -0.462 e. The first-order valence-corrected chi connectivity index (χ1v) is 10.8. The Morgan fingerprint density at radius 1 is 0.906 bits per heavy atom. The molecule has 0 aliphatic carbocycles. The van der Waals surface area contributed by atoms with Crippen LogP contribution in [0.4, 0.5) is 0 Å². The molecule has 0 spiro atoms. The van der Waals surface area contributed by atoms with E-state index in [4.69, 9.17) is 4.74 Å². The number of hydrogen-bond donors (Lipinski definition) is 0. The van der Waals surface area contributed by atoms with Gasteiger partial charge in [0.2, 0.25) is 0 Å². The van der Waals surface area contributed by atoms with Crippen molar-refractivity contribution >= 4 is 5.97 Å². The molecule has 0 saturated carbocycles. The van der Waals surface area contributed by atoms with Crippen molar-refractivity contribution in [3.63, 3.8) is 0 Å². The summed E-state index contributed by atoms with van der Waals surface area (Å²) in [4.78, 5) is 37.7. The van der Waals surface area contributed by atoms with E-state index in [1.54, 1.807) is 13.1 Å². The predicted molar refractivity (Wildman–Crippen MR) is 126 cm³/mol. The number of aromatic nitrogens is 2. The Bertz CT molecular complexity index is 1110. The van der Waals surface area contributed by atoms with Crippen molar-refractivity contribution in [3.8, 4) is 16.8 Å². The summed E-state index contributed by atoms with van der Waals surface area (Å²) < 4.78 is 7.93. The van der Waals surface area contributed by atoms with Crippen LogP contribution >= 0.6 is 0 Å². The fourth-order valence-electron chi connectivity index (χ4n) is 3.40. The monoisotopic (exact) mass is 432 g/mol. The summed E-state index contributed by atoms with van der Waals surface area (Å²) >= 11 is 0. The van der Waals surface area contributed by atoms with Crippen molar-refractivity contribution < 1.29 is 9.53 Å². The van der Waals surface area contributed by atoms with Crippen molar-refractivity contribution in [2.24, 2.45) is 0 Å². The van der Waals surface area contributed by atoms with Gasteiger partial charge in [-0.25, -0.2) is 9.59 Å². The van der Waals surface area contributed by atoms with Crippen LogP contribution in [0.2, 0.25) is 0 Å². The van der Waals surface area contributed by atoms with E-state index in [1.165, 1.54) is 9.13 Å². The molecule has 2 aromatic carbocycles. The molecule has 3 aromatic rings. The van der Waals surface area contributed by atoms with E-state index in [9.17, 15) is 14.4 Å². The van der Waals surface area contributed by atoms with Crippen molar-refractivity contribution in [2.75, 3.05) is 6.61 Å². The van der Waals surface area contributed by atoms with Gasteiger partial charge in [-0.15, -0.1) is 0 Å². The molecule has 0 bridgehead atoms. The average molecular weight is 433 g/mol. The fourth-order valence-corrected chi connectivity index (χ4v) is 3.40. The van der Waals surface area contributed by atoms with Gasteiger partial charge in [0, 0.05) is 18.3 Å². The number of nitrogens with zero attached hydrogens (tertiary/aromatic N) is 2. The highest BCUT2D eigenvalue weighted by atomic mass is 16.5. The van der Waals surface area contributed by atoms with Crippen LogP contribution in [0.1, 0.15) is 32.6 Å². The summed E-state index contributed by atoms with van der Waals surface area (Å²) in [5.74, 6) is -0.379. The smallest absolute Gasteiger partial charge is 0.335 e. The highest BCUT2D eigenvalue weighted by Gasteiger charge is 2.14. The van der Waals surface area contributed by atoms with Gasteiger partial charge in [0.05, 0.1) is 17.9 Å². The molecule has 0 aliphatic rings. The maximum Gasteiger partial charge on any atom is 0.335 e. The van der Waals surface area contributed by atoms with Crippen molar-refractivity contribution in [1.82, 2.24) is 9.13 Å². The molecule has 1 heterocycles. The van der Waals surface area contributed by atoms with E-state index in [2.05, 4.69) is 6.58 Å². The molecule has 0 unspecified atom stereocenters. The van der Waals surface area contributed by atoms with Gasteiger partial charge in [-0.3, -0.25) is 13.9 Å². The maximum atomic E-state index is 13.2. The van der Waals surface area contributed by atoms with Crippen LogP contribution in [-0.4, -0.2) is 21.7 Å². The summed E-state index contributed by atoms with van der Waals surface area (Å²) in [7, 11) is 0. The second-order valence-electron chi connectivity index (χ2n) is 7.68.